The van der Waals surface area contributed by atoms with E-state index in [9.17, 15) is 8.78 Å². The minimum Gasteiger partial charge on any atom is -0.317 e. The monoisotopic (exact) mass is 267 g/mol. The minimum atomic E-state index is -2.69. The summed E-state index contributed by atoms with van der Waals surface area (Å²) in [7, 11) is 0. The quantitative estimate of drug-likeness (QED) is 0.846. The number of benzene rings is 1. The van der Waals surface area contributed by atoms with Crippen LogP contribution < -0.4 is 5.32 Å². The van der Waals surface area contributed by atoms with Crippen LogP contribution in [-0.4, -0.2) is 13.1 Å². The van der Waals surface area contributed by atoms with Crippen molar-refractivity contribution in [2.45, 2.75) is 45.0 Å². The Labute approximate surface area is 114 Å². The molecule has 1 aliphatic heterocycles. The highest BCUT2D eigenvalue weighted by Gasteiger charge is 2.34. The molecular weight excluding hydrogens is 244 g/mol. The molecule has 106 valence electrons. The molecule has 0 unspecified atom stereocenters. The van der Waals surface area contributed by atoms with Gasteiger partial charge in [0.15, 0.2) is 0 Å². The van der Waals surface area contributed by atoms with Crippen LogP contribution in [0.5, 0.6) is 0 Å². The van der Waals surface area contributed by atoms with Gasteiger partial charge in [0.05, 0.1) is 0 Å². The highest BCUT2D eigenvalue weighted by molar-refractivity contribution is 5.26. The number of rotatable bonds is 5. The van der Waals surface area contributed by atoms with Crippen molar-refractivity contribution >= 4 is 0 Å². The maximum atomic E-state index is 14.2. The summed E-state index contributed by atoms with van der Waals surface area (Å²) >= 11 is 0. The molecule has 0 aliphatic carbocycles. The summed E-state index contributed by atoms with van der Waals surface area (Å²) in [4.78, 5) is 0. The lowest BCUT2D eigenvalue weighted by atomic mass is 9.89. The predicted molar refractivity (Wildman–Crippen MR) is 74.5 cm³/mol. The van der Waals surface area contributed by atoms with Crippen molar-refractivity contribution in [3.8, 4) is 0 Å². The van der Waals surface area contributed by atoms with Gasteiger partial charge in [-0.2, -0.15) is 0 Å². The highest BCUT2D eigenvalue weighted by Crippen LogP contribution is 2.37. The lowest BCUT2D eigenvalue weighted by molar-refractivity contribution is -0.0326. The third kappa shape index (κ3) is 4.00. The van der Waals surface area contributed by atoms with E-state index < -0.39 is 5.92 Å². The van der Waals surface area contributed by atoms with E-state index in [2.05, 4.69) is 12.2 Å². The molecule has 2 rings (SSSR count). The Morgan fingerprint density at radius 3 is 2.37 bits per heavy atom. The number of piperidine rings is 1. The smallest absolute Gasteiger partial charge is 0.273 e. The SMILES string of the molecule is CCCc1ccc(C(F)(F)CC2CCNCC2)cc1. The Morgan fingerprint density at radius 2 is 1.79 bits per heavy atom. The normalized spacial score (nSPS) is 17.6. The molecule has 0 amide bonds. The standard InChI is InChI=1S/C16H23F2N/c1-2-3-13-4-6-15(7-5-13)16(17,18)12-14-8-10-19-11-9-14/h4-7,14,19H,2-3,8-12H2,1H3. The zero-order chi connectivity index (χ0) is 13.7. The zero-order valence-corrected chi connectivity index (χ0v) is 11.6. The van der Waals surface area contributed by atoms with Gasteiger partial charge in [0.1, 0.15) is 0 Å². The molecule has 1 aliphatic rings. The van der Waals surface area contributed by atoms with Crippen molar-refractivity contribution in [1.82, 2.24) is 5.32 Å². The van der Waals surface area contributed by atoms with E-state index in [1.54, 1.807) is 12.1 Å². The number of aryl methyl sites for hydroxylation is 1. The average Bonchev–Trinajstić information content (AvgIpc) is 2.40. The van der Waals surface area contributed by atoms with E-state index in [0.717, 1.165) is 44.3 Å². The first-order valence-electron chi connectivity index (χ1n) is 7.30. The number of hydrogen-bond acceptors (Lipinski definition) is 1. The maximum absolute atomic E-state index is 14.2. The number of nitrogens with one attached hydrogen (secondary N) is 1. The lowest BCUT2D eigenvalue weighted by Gasteiger charge is -2.27. The largest absolute Gasteiger partial charge is 0.317 e. The van der Waals surface area contributed by atoms with Crippen LogP contribution in [0.3, 0.4) is 0 Å². The van der Waals surface area contributed by atoms with Crippen molar-refractivity contribution in [3.63, 3.8) is 0 Å². The molecule has 0 aromatic heterocycles. The summed E-state index contributed by atoms with van der Waals surface area (Å²) in [5, 5.41) is 3.22. The van der Waals surface area contributed by atoms with Crippen LogP contribution in [0.2, 0.25) is 0 Å². The van der Waals surface area contributed by atoms with Gasteiger partial charge in [-0.3, -0.25) is 0 Å². The molecule has 0 atom stereocenters. The Kier molecular flexibility index (Phi) is 4.92. The van der Waals surface area contributed by atoms with E-state index in [1.165, 1.54) is 0 Å². The molecule has 0 bridgehead atoms. The Hall–Kier alpha value is -0.960. The van der Waals surface area contributed by atoms with Gasteiger partial charge in [-0.05, 0) is 43.8 Å². The molecule has 0 spiro atoms. The van der Waals surface area contributed by atoms with Gasteiger partial charge in [-0.25, -0.2) is 8.78 Å². The first-order valence-corrected chi connectivity index (χ1v) is 7.30. The molecule has 1 N–H and O–H groups in total. The fraction of sp³-hybridized carbons (Fsp3) is 0.625. The third-order valence-corrected chi connectivity index (χ3v) is 3.92. The van der Waals surface area contributed by atoms with Crippen LogP contribution in [0.15, 0.2) is 24.3 Å². The van der Waals surface area contributed by atoms with E-state index in [4.69, 9.17) is 0 Å². The van der Waals surface area contributed by atoms with Gasteiger partial charge in [-0.1, -0.05) is 37.6 Å². The summed E-state index contributed by atoms with van der Waals surface area (Å²) in [5.74, 6) is -2.54. The van der Waals surface area contributed by atoms with Gasteiger partial charge < -0.3 is 5.32 Å². The Bertz CT molecular complexity index is 380. The fourth-order valence-corrected chi connectivity index (χ4v) is 2.77. The molecule has 19 heavy (non-hydrogen) atoms. The molecule has 1 aromatic rings. The molecule has 1 fully saturated rings. The molecule has 1 heterocycles. The molecule has 1 aromatic carbocycles. The Morgan fingerprint density at radius 1 is 1.16 bits per heavy atom. The molecule has 3 heteroatoms. The van der Waals surface area contributed by atoms with Gasteiger partial charge in [0, 0.05) is 12.0 Å². The lowest BCUT2D eigenvalue weighted by Crippen LogP contribution is -2.30. The van der Waals surface area contributed by atoms with Crippen molar-refractivity contribution < 1.29 is 8.78 Å². The third-order valence-electron chi connectivity index (χ3n) is 3.92. The van der Waals surface area contributed by atoms with Gasteiger partial charge >= 0.3 is 0 Å². The van der Waals surface area contributed by atoms with Crippen LogP contribution in [0.1, 0.15) is 43.7 Å². The average molecular weight is 267 g/mol. The molecular formula is C16H23F2N. The molecule has 1 saturated heterocycles. The van der Waals surface area contributed by atoms with Crippen LogP contribution in [-0.2, 0) is 12.3 Å². The number of hydrogen-bond donors (Lipinski definition) is 1. The zero-order valence-electron chi connectivity index (χ0n) is 11.6. The maximum Gasteiger partial charge on any atom is 0.273 e. The summed E-state index contributed by atoms with van der Waals surface area (Å²) in [5.41, 5.74) is 1.31. The predicted octanol–water partition coefficient (Wildman–Crippen LogP) is 4.12. The number of alkyl halides is 2. The van der Waals surface area contributed by atoms with Crippen molar-refractivity contribution in [2.75, 3.05) is 13.1 Å². The van der Waals surface area contributed by atoms with Gasteiger partial charge in [0.25, 0.3) is 5.92 Å². The summed E-state index contributed by atoms with van der Waals surface area (Å²) in [6.07, 6.45) is 3.72. The molecule has 0 radical (unpaired) electrons. The van der Waals surface area contributed by atoms with E-state index in [0.29, 0.717) is 0 Å². The van der Waals surface area contributed by atoms with Crippen LogP contribution in [0, 0.1) is 5.92 Å². The van der Waals surface area contributed by atoms with Gasteiger partial charge in [0.2, 0.25) is 0 Å². The van der Waals surface area contributed by atoms with E-state index >= 15 is 0 Å². The van der Waals surface area contributed by atoms with E-state index in [1.807, 2.05) is 12.1 Å². The first-order chi connectivity index (χ1) is 9.12. The number of halogens is 2. The van der Waals surface area contributed by atoms with E-state index in [-0.39, 0.29) is 17.9 Å². The minimum absolute atomic E-state index is 0.0121. The second-order valence-corrected chi connectivity index (χ2v) is 5.55. The van der Waals surface area contributed by atoms with Crippen molar-refractivity contribution in [2.24, 2.45) is 5.92 Å². The Balaban J connectivity index is 2.00. The first kappa shape index (κ1) is 14.4. The second-order valence-electron chi connectivity index (χ2n) is 5.55. The van der Waals surface area contributed by atoms with Crippen LogP contribution >= 0.6 is 0 Å². The topological polar surface area (TPSA) is 12.0 Å². The second kappa shape index (κ2) is 6.47. The molecule has 0 saturated carbocycles. The summed E-state index contributed by atoms with van der Waals surface area (Å²) in [6, 6.07) is 6.89. The highest BCUT2D eigenvalue weighted by atomic mass is 19.3. The summed E-state index contributed by atoms with van der Waals surface area (Å²) < 4.78 is 28.5. The van der Waals surface area contributed by atoms with Crippen molar-refractivity contribution in [1.29, 1.82) is 0 Å². The van der Waals surface area contributed by atoms with Crippen LogP contribution in [0.4, 0.5) is 8.78 Å². The van der Waals surface area contributed by atoms with Crippen molar-refractivity contribution in [3.05, 3.63) is 35.4 Å². The van der Waals surface area contributed by atoms with Crippen LogP contribution in [0.25, 0.3) is 0 Å². The fourth-order valence-electron chi connectivity index (χ4n) is 2.77. The molecule has 1 nitrogen and oxygen atoms in total. The van der Waals surface area contributed by atoms with Gasteiger partial charge in [-0.15, -0.1) is 0 Å². The summed E-state index contributed by atoms with van der Waals surface area (Å²) in [6.45, 7) is 3.84.